The minimum absolute atomic E-state index is 0.219. The van der Waals surface area contributed by atoms with Gasteiger partial charge in [0.15, 0.2) is 11.5 Å². The van der Waals surface area contributed by atoms with E-state index in [4.69, 9.17) is 14.2 Å². The van der Waals surface area contributed by atoms with E-state index in [-0.39, 0.29) is 5.92 Å². The molecule has 1 atom stereocenters. The quantitative estimate of drug-likeness (QED) is 0.845. The molecule has 0 amide bonds. The van der Waals surface area contributed by atoms with Gasteiger partial charge < -0.3 is 14.2 Å². The van der Waals surface area contributed by atoms with Crippen LogP contribution >= 0.6 is 0 Å². The highest BCUT2D eigenvalue weighted by molar-refractivity contribution is 5.46. The van der Waals surface area contributed by atoms with Crippen LogP contribution in [0.5, 0.6) is 17.2 Å². The molecule has 4 nitrogen and oxygen atoms in total. The van der Waals surface area contributed by atoms with Crippen molar-refractivity contribution < 1.29 is 14.2 Å². The fourth-order valence-corrected chi connectivity index (χ4v) is 2.64. The van der Waals surface area contributed by atoms with Crippen LogP contribution in [0.3, 0.4) is 0 Å². The largest absolute Gasteiger partial charge is 0.494 e. The maximum atomic E-state index is 9.54. The zero-order valence-electron chi connectivity index (χ0n) is 13.1. The summed E-state index contributed by atoms with van der Waals surface area (Å²) in [6.45, 7) is 3.73. The van der Waals surface area contributed by atoms with Gasteiger partial charge in [0.2, 0.25) is 0 Å². The average molecular weight is 309 g/mol. The molecule has 0 saturated carbocycles. The number of hydrogen-bond acceptors (Lipinski definition) is 4. The van der Waals surface area contributed by atoms with Gasteiger partial charge in [-0.2, -0.15) is 5.26 Å². The number of ether oxygens (including phenoxy) is 3. The summed E-state index contributed by atoms with van der Waals surface area (Å²) in [5.41, 5.74) is 2.06. The Hall–Kier alpha value is -2.67. The van der Waals surface area contributed by atoms with Gasteiger partial charge in [-0.15, -0.1) is 0 Å². The monoisotopic (exact) mass is 309 g/mol. The van der Waals surface area contributed by atoms with Crippen LogP contribution in [0.15, 0.2) is 42.5 Å². The first-order valence-corrected chi connectivity index (χ1v) is 7.81. The molecule has 0 fully saturated rings. The molecule has 1 unspecified atom stereocenters. The van der Waals surface area contributed by atoms with Gasteiger partial charge in [0, 0.05) is 0 Å². The molecule has 1 aliphatic rings. The lowest BCUT2D eigenvalue weighted by molar-refractivity contribution is 0.171. The summed E-state index contributed by atoms with van der Waals surface area (Å²) in [6, 6.07) is 16.0. The maximum absolute atomic E-state index is 9.54. The number of hydrogen-bond donors (Lipinski definition) is 0. The van der Waals surface area contributed by atoms with Gasteiger partial charge in [-0.25, -0.2) is 0 Å². The van der Waals surface area contributed by atoms with Gasteiger partial charge >= 0.3 is 0 Å². The van der Waals surface area contributed by atoms with Crippen molar-refractivity contribution in [3.63, 3.8) is 0 Å². The molecule has 3 rings (SSSR count). The SMILES string of the molecule is CCOc1ccc(CC(C#N)c2ccc3c(c2)OCCO3)cc1. The third-order valence-corrected chi connectivity index (χ3v) is 3.80. The Morgan fingerprint density at radius 1 is 1.09 bits per heavy atom. The van der Waals surface area contributed by atoms with E-state index in [0.29, 0.717) is 26.2 Å². The first-order chi connectivity index (χ1) is 11.3. The molecule has 1 aliphatic heterocycles. The van der Waals surface area contributed by atoms with Crippen molar-refractivity contribution in [3.05, 3.63) is 53.6 Å². The molecule has 0 saturated heterocycles. The second kappa shape index (κ2) is 7.06. The van der Waals surface area contributed by atoms with Crippen molar-refractivity contribution in [3.8, 4) is 23.3 Å². The summed E-state index contributed by atoms with van der Waals surface area (Å²) in [4.78, 5) is 0. The Bertz CT molecular complexity index is 704. The van der Waals surface area contributed by atoms with Crippen LogP contribution in [-0.2, 0) is 6.42 Å². The van der Waals surface area contributed by atoms with Crippen LogP contribution < -0.4 is 14.2 Å². The van der Waals surface area contributed by atoms with E-state index in [2.05, 4.69) is 6.07 Å². The zero-order chi connectivity index (χ0) is 16.1. The van der Waals surface area contributed by atoms with E-state index in [0.717, 1.165) is 28.4 Å². The molecule has 4 heteroatoms. The van der Waals surface area contributed by atoms with Crippen molar-refractivity contribution in [1.29, 1.82) is 5.26 Å². The summed E-state index contributed by atoms with van der Waals surface area (Å²) in [6.07, 6.45) is 0.655. The van der Waals surface area contributed by atoms with Gasteiger partial charge in [-0.1, -0.05) is 18.2 Å². The average Bonchev–Trinajstić information content (AvgIpc) is 2.61. The van der Waals surface area contributed by atoms with E-state index in [9.17, 15) is 5.26 Å². The van der Waals surface area contributed by atoms with Gasteiger partial charge in [0.1, 0.15) is 19.0 Å². The number of benzene rings is 2. The molecule has 2 aromatic carbocycles. The molecule has 0 aliphatic carbocycles. The third-order valence-electron chi connectivity index (χ3n) is 3.80. The molecular weight excluding hydrogens is 290 g/mol. The highest BCUT2D eigenvalue weighted by atomic mass is 16.6. The van der Waals surface area contributed by atoms with Crippen LogP contribution in [0.1, 0.15) is 24.0 Å². The van der Waals surface area contributed by atoms with Gasteiger partial charge in [0.25, 0.3) is 0 Å². The van der Waals surface area contributed by atoms with Gasteiger partial charge in [-0.05, 0) is 48.7 Å². The first-order valence-electron chi connectivity index (χ1n) is 7.81. The Kier molecular flexibility index (Phi) is 4.68. The molecule has 23 heavy (non-hydrogen) atoms. The number of nitrogens with zero attached hydrogens (tertiary/aromatic N) is 1. The summed E-state index contributed by atoms with van der Waals surface area (Å²) >= 11 is 0. The van der Waals surface area contributed by atoms with E-state index < -0.39 is 0 Å². The zero-order valence-corrected chi connectivity index (χ0v) is 13.1. The molecule has 0 bridgehead atoms. The Labute approximate surface area is 136 Å². The highest BCUT2D eigenvalue weighted by Crippen LogP contribution is 2.34. The molecule has 0 N–H and O–H groups in total. The summed E-state index contributed by atoms with van der Waals surface area (Å²) in [5, 5.41) is 9.54. The molecule has 0 spiro atoms. The minimum atomic E-state index is -0.219. The van der Waals surface area contributed by atoms with Crippen molar-refractivity contribution >= 4 is 0 Å². The molecule has 118 valence electrons. The molecule has 0 aromatic heterocycles. The first kappa shape index (κ1) is 15.2. The van der Waals surface area contributed by atoms with E-state index in [1.54, 1.807) is 0 Å². The molecule has 2 aromatic rings. The van der Waals surface area contributed by atoms with Crippen molar-refractivity contribution in [1.82, 2.24) is 0 Å². The summed E-state index contributed by atoms with van der Waals surface area (Å²) < 4.78 is 16.6. The fraction of sp³-hybridized carbons (Fsp3) is 0.316. The molecule has 0 radical (unpaired) electrons. The highest BCUT2D eigenvalue weighted by Gasteiger charge is 2.17. The molecular formula is C19H19NO3. The number of fused-ring (bicyclic) bond motifs is 1. The predicted octanol–water partition coefficient (Wildman–Crippen LogP) is 3.71. The lowest BCUT2D eigenvalue weighted by atomic mass is 9.93. The van der Waals surface area contributed by atoms with E-state index in [1.165, 1.54) is 0 Å². The van der Waals surface area contributed by atoms with Crippen LogP contribution in [-0.4, -0.2) is 19.8 Å². The smallest absolute Gasteiger partial charge is 0.161 e. The molecule has 1 heterocycles. The minimum Gasteiger partial charge on any atom is -0.494 e. The van der Waals surface area contributed by atoms with Crippen LogP contribution in [0, 0.1) is 11.3 Å². The standard InChI is InChI=1S/C19H19NO3/c1-2-21-17-6-3-14(4-7-17)11-16(13-20)15-5-8-18-19(12-15)23-10-9-22-18/h3-8,12,16H,2,9-11H2,1H3. The van der Waals surface area contributed by atoms with Crippen LogP contribution in [0.4, 0.5) is 0 Å². The lowest BCUT2D eigenvalue weighted by Gasteiger charge is -2.20. The number of rotatable bonds is 5. The number of nitriles is 1. The lowest BCUT2D eigenvalue weighted by Crippen LogP contribution is -2.15. The maximum Gasteiger partial charge on any atom is 0.161 e. The van der Waals surface area contributed by atoms with Crippen LogP contribution in [0.2, 0.25) is 0 Å². The Morgan fingerprint density at radius 3 is 2.52 bits per heavy atom. The third kappa shape index (κ3) is 3.57. The van der Waals surface area contributed by atoms with E-state index >= 15 is 0 Å². The van der Waals surface area contributed by atoms with Gasteiger partial charge in [0.05, 0.1) is 18.6 Å². The van der Waals surface area contributed by atoms with E-state index in [1.807, 2.05) is 49.4 Å². The Balaban J connectivity index is 1.76. The second-order valence-corrected chi connectivity index (χ2v) is 5.37. The van der Waals surface area contributed by atoms with Crippen LogP contribution in [0.25, 0.3) is 0 Å². The van der Waals surface area contributed by atoms with Crippen molar-refractivity contribution in [2.45, 2.75) is 19.3 Å². The van der Waals surface area contributed by atoms with Crippen molar-refractivity contribution in [2.75, 3.05) is 19.8 Å². The topological polar surface area (TPSA) is 51.5 Å². The normalized spacial score (nSPS) is 13.9. The predicted molar refractivity (Wildman–Crippen MR) is 87.1 cm³/mol. The summed E-state index contributed by atoms with van der Waals surface area (Å²) in [5.74, 6) is 2.10. The summed E-state index contributed by atoms with van der Waals surface area (Å²) in [7, 11) is 0. The van der Waals surface area contributed by atoms with Gasteiger partial charge in [-0.3, -0.25) is 0 Å². The second-order valence-electron chi connectivity index (χ2n) is 5.37. The fourth-order valence-electron chi connectivity index (χ4n) is 2.64. The van der Waals surface area contributed by atoms with Crippen molar-refractivity contribution in [2.24, 2.45) is 0 Å². The Morgan fingerprint density at radius 2 is 1.83 bits per heavy atom.